The van der Waals surface area contributed by atoms with E-state index in [1.807, 2.05) is 6.92 Å². The lowest BCUT2D eigenvalue weighted by atomic mass is 10.1. The van der Waals surface area contributed by atoms with Crippen molar-refractivity contribution in [1.82, 2.24) is 0 Å². The quantitative estimate of drug-likeness (QED) is 0.907. The highest BCUT2D eigenvalue weighted by atomic mass is 16.5. The summed E-state index contributed by atoms with van der Waals surface area (Å²) in [7, 11) is 1.49. The van der Waals surface area contributed by atoms with Crippen LogP contribution in [0.1, 0.15) is 17.3 Å². The number of nitrogens with zero attached hydrogens (tertiary/aromatic N) is 1. The molecule has 2 N–H and O–H groups in total. The molecule has 0 unspecified atom stereocenters. The van der Waals surface area contributed by atoms with Gasteiger partial charge in [-0.1, -0.05) is 6.07 Å². The number of carbonyl (C=O) groups is 1. The van der Waals surface area contributed by atoms with Crippen LogP contribution in [0.15, 0.2) is 42.5 Å². The maximum absolute atomic E-state index is 12.6. The Bertz CT molecular complexity index is 654. The Labute approximate surface area is 123 Å². The number of phenolic OH excluding ortho intramolecular Hbond substituents is 2. The molecule has 0 atom stereocenters. The van der Waals surface area contributed by atoms with E-state index in [4.69, 9.17) is 4.74 Å². The number of benzene rings is 2. The molecule has 2 aromatic carbocycles. The van der Waals surface area contributed by atoms with Crippen molar-refractivity contribution < 1.29 is 19.7 Å². The van der Waals surface area contributed by atoms with E-state index in [0.717, 1.165) is 0 Å². The summed E-state index contributed by atoms with van der Waals surface area (Å²) in [5.41, 5.74) is 0.749. The molecule has 5 heteroatoms. The Morgan fingerprint density at radius 3 is 2.52 bits per heavy atom. The highest BCUT2D eigenvalue weighted by Crippen LogP contribution is 2.27. The van der Waals surface area contributed by atoms with E-state index >= 15 is 0 Å². The molecule has 0 aliphatic heterocycles. The smallest absolute Gasteiger partial charge is 0.262 e. The second-order valence-electron chi connectivity index (χ2n) is 4.45. The monoisotopic (exact) mass is 287 g/mol. The minimum absolute atomic E-state index is 0.0812. The summed E-state index contributed by atoms with van der Waals surface area (Å²) >= 11 is 0. The van der Waals surface area contributed by atoms with E-state index < -0.39 is 0 Å². The van der Waals surface area contributed by atoms with Crippen LogP contribution in [0, 0.1) is 0 Å². The maximum atomic E-state index is 12.6. The Balaban J connectivity index is 2.37. The lowest BCUT2D eigenvalue weighted by molar-refractivity contribution is 0.0985. The van der Waals surface area contributed by atoms with E-state index in [0.29, 0.717) is 18.0 Å². The van der Waals surface area contributed by atoms with Gasteiger partial charge in [0.2, 0.25) is 0 Å². The van der Waals surface area contributed by atoms with Gasteiger partial charge in [0.25, 0.3) is 5.91 Å². The maximum Gasteiger partial charge on any atom is 0.262 e. The summed E-state index contributed by atoms with van der Waals surface area (Å²) < 4.78 is 5.00. The number of aromatic hydroxyl groups is 2. The van der Waals surface area contributed by atoms with Crippen LogP contribution < -0.4 is 9.64 Å². The third-order valence-corrected chi connectivity index (χ3v) is 3.14. The molecule has 0 saturated heterocycles. The van der Waals surface area contributed by atoms with Crippen LogP contribution in [0.3, 0.4) is 0 Å². The van der Waals surface area contributed by atoms with Gasteiger partial charge >= 0.3 is 0 Å². The number of hydrogen-bond acceptors (Lipinski definition) is 4. The Morgan fingerprint density at radius 1 is 1.19 bits per heavy atom. The molecule has 5 nitrogen and oxygen atoms in total. The van der Waals surface area contributed by atoms with Gasteiger partial charge in [-0.15, -0.1) is 0 Å². The number of rotatable bonds is 4. The number of ether oxygens (including phenoxy) is 1. The van der Waals surface area contributed by atoms with Crippen molar-refractivity contribution in [2.75, 3.05) is 18.6 Å². The van der Waals surface area contributed by atoms with Crippen LogP contribution >= 0.6 is 0 Å². The molecule has 21 heavy (non-hydrogen) atoms. The third kappa shape index (κ3) is 3.08. The van der Waals surface area contributed by atoms with Crippen molar-refractivity contribution >= 4 is 11.6 Å². The first-order valence-corrected chi connectivity index (χ1v) is 6.54. The van der Waals surface area contributed by atoms with Crippen LogP contribution in [0.4, 0.5) is 5.69 Å². The molecular formula is C16H17NO4. The minimum Gasteiger partial charge on any atom is -0.508 e. The zero-order chi connectivity index (χ0) is 15.4. The van der Waals surface area contributed by atoms with Gasteiger partial charge in [-0.05, 0) is 31.2 Å². The molecule has 2 rings (SSSR count). The average molecular weight is 287 g/mol. The lowest BCUT2D eigenvalue weighted by Crippen LogP contribution is -2.30. The van der Waals surface area contributed by atoms with Gasteiger partial charge < -0.3 is 19.8 Å². The fourth-order valence-electron chi connectivity index (χ4n) is 2.07. The van der Waals surface area contributed by atoms with Gasteiger partial charge in [-0.3, -0.25) is 4.79 Å². The van der Waals surface area contributed by atoms with Gasteiger partial charge in [0.05, 0.1) is 12.7 Å². The van der Waals surface area contributed by atoms with Crippen molar-refractivity contribution in [2.45, 2.75) is 6.92 Å². The van der Waals surface area contributed by atoms with Crippen molar-refractivity contribution in [1.29, 1.82) is 0 Å². The molecule has 0 aromatic heterocycles. The highest BCUT2D eigenvalue weighted by Gasteiger charge is 2.20. The highest BCUT2D eigenvalue weighted by molar-refractivity contribution is 6.08. The summed E-state index contributed by atoms with van der Waals surface area (Å²) in [5.74, 6) is 0.0726. The van der Waals surface area contributed by atoms with Crippen LogP contribution in [-0.4, -0.2) is 29.8 Å². The average Bonchev–Trinajstić information content (AvgIpc) is 2.47. The molecule has 1 amide bonds. The normalized spacial score (nSPS) is 10.2. The SMILES string of the molecule is CCN(C(=O)c1ccc(OC)cc1O)c1cccc(O)c1. The van der Waals surface area contributed by atoms with Crippen LogP contribution in [-0.2, 0) is 0 Å². The van der Waals surface area contributed by atoms with Crippen molar-refractivity contribution in [2.24, 2.45) is 0 Å². The number of hydrogen-bond donors (Lipinski definition) is 2. The van der Waals surface area contributed by atoms with Crippen molar-refractivity contribution in [3.63, 3.8) is 0 Å². The van der Waals surface area contributed by atoms with E-state index in [-0.39, 0.29) is 23.0 Å². The predicted octanol–water partition coefficient (Wildman–Crippen LogP) is 2.77. The fourth-order valence-corrected chi connectivity index (χ4v) is 2.07. The number of anilines is 1. The predicted molar refractivity (Wildman–Crippen MR) is 80.1 cm³/mol. The first-order chi connectivity index (χ1) is 10.1. The molecule has 110 valence electrons. The van der Waals surface area contributed by atoms with Crippen LogP contribution in [0.25, 0.3) is 0 Å². The van der Waals surface area contributed by atoms with Gasteiger partial charge in [-0.2, -0.15) is 0 Å². The molecular weight excluding hydrogens is 270 g/mol. The largest absolute Gasteiger partial charge is 0.508 e. The first-order valence-electron chi connectivity index (χ1n) is 6.54. The summed E-state index contributed by atoms with van der Waals surface area (Å²) in [6.45, 7) is 2.23. The molecule has 0 aliphatic rings. The fraction of sp³-hybridized carbons (Fsp3) is 0.188. The van der Waals surface area contributed by atoms with E-state index in [1.54, 1.807) is 18.2 Å². The molecule has 0 heterocycles. The Morgan fingerprint density at radius 2 is 1.95 bits per heavy atom. The van der Waals surface area contributed by atoms with Gasteiger partial charge in [0.1, 0.15) is 17.2 Å². The molecule has 0 spiro atoms. The third-order valence-electron chi connectivity index (χ3n) is 3.14. The van der Waals surface area contributed by atoms with Crippen molar-refractivity contribution in [3.8, 4) is 17.2 Å². The molecule has 0 aliphatic carbocycles. The second-order valence-corrected chi connectivity index (χ2v) is 4.45. The molecule has 0 bridgehead atoms. The Hall–Kier alpha value is -2.69. The molecule has 0 saturated carbocycles. The minimum atomic E-state index is -0.344. The zero-order valence-corrected chi connectivity index (χ0v) is 11.9. The topological polar surface area (TPSA) is 70.0 Å². The number of methoxy groups -OCH3 is 1. The molecule has 0 fully saturated rings. The van der Waals surface area contributed by atoms with Crippen LogP contribution in [0.2, 0.25) is 0 Å². The van der Waals surface area contributed by atoms with E-state index in [9.17, 15) is 15.0 Å². The standard InChI is InChI=1S/C16H17NO4/c1-3-17(11-5-4-6-12(18)9-11)16(20)14-8-7-13(21-2)10-15(14)19/h4-10,18-19H,3H2,1-2H3. The Kier molecular flexibility index (Phi) is 4.33. The first kappa shape index (κ1) is 14.7. The number of phenols is 2. The van der Waals surface area contributed by atoms with E-state index in [1.165, 1.54) is 36.3 Å². The lowest BCUT2D eigenvalue weighted by Gasteiger charge is -2.21. The van der Waals surface area contributed by atoms with Crippen LogP contribution in [0.5, 0.6) is 17.2 Å². The van der Waals surface area contributed by atoms with Gasteiger partial charge in [0.15, 0.2) is 0 Å². The summed E-state index contributed by atoms with van der Waals surface area (Å²) in [4.78, 5) is 14.0. The zero-order valence-electron chi connectivity index (χ0n) is 11.9. The number of amides is 1. The summed E-state index contributed by atoms with van der Waals surface area (Å²) in [6, 6.07) is 10.9. The summed E-state index contributed by atoms with van der Waals surface area (Å²) in [5, 5.41) is 19.5. The van der Waals surface area contributed by atoms with Gasteiger partial charge in [-0.25, -0.2) is 0 Å². The number of carbonyl (C=O) groups excluding carboxylic acids is 1. The summed E-state index contributed by atoms with van der Waals surface area (Å²) in [6.07, 6.45) is 0. The molecule has 2 aromatic rings. The second kappa shape index (κ2) is 6.17. The molecule has 0 radical (unpaired) electrons. The van der Waals surface area contributed by atoms with E-state index in [2.05, 4.69) is 0 Å². The van der Waals surface area contributed by atoms with Crippen molar-refractivity contribution in [3.05, 3.63) is 48.0 Å². The van der Waals surface area contributed by atoms with Gasteiger partial charge in [0, 0.05) is 24.4 Å².